The van der Waals surface area contributed by atoms with Crippen LogP contribution in [0.4, 0.5) is 0 Å². The zero-order valence-corrected chi connectivity index (χ0v) is 14.8. The molecule has 3 heterocycles. The first kappa shape index (κ1) is 17.4. The molecule has 0 aliphatic carbocycles. The van der Waals surface area contributed by atoms with Gasteiger partial charge in [-0.3, -0.25) is 14.6 Å². The van der Waals surface area contributed by atoms with Gasteiger partial charge in [0.25, 0.3) is 11.5 Å². The van der Waals surface area contributed by atoms with Gasteiger partial charge in [0.1, 0.15) is 0 Å². The zero-order valence-electron chi connectivity index (χ0n) is 14.8. The average molecular weight is 364 g/mol. The van der Waals surface area contributed by atoms with E-state index < -0.39 is 5.56 Å². The Morgan fingerprint density at radius 2 is 2.07 bits per heavy atom. The van der Waals surface area contributed by atoms with Gasteiger partial charge in [0.15, 0.2) is 5.69 Å². The molecular weight excluding hydrogens is 344 g/mol. The smallest absolute Gasteiger partial charge is 0.280 e. The molecule has 1 aliphatic rings. The van der Waals surface area contributed by atoms with Crippen LogP contribution >= 0.6 is 0 Å². The summed E-state index contributed by atoms with van der Waals surface area (Å²) >= 11 is 0. The quantitative estimate of drug-likeness (QED) is 0.766. The highest BCUT2D eigenvalue weighted by molar-refractivity contribution is 5.93. The van der Waals surface area contributed by atoms with Gasteiger partial charge in [-0.05, 0) is 37.1 Å². The second kappa shape index (κ2) is 7.67. The number of fused-ring (bicyclic) bond motifs is 1. The first-order valence-electron chi connectivity index (χ1n) is 9.00. The molecule has 27 heavy (non-hydrogen) atoms. The number of hydrogen-bond donors (Lipinski definition) is 1. The van der Waals surface area contributed by atoms with E-state index in [1.807, 2.05) is 30.3 Å². The maximum atomic E-state index is 12.9. The Balaban J connectivity index is 1.47. The molecule has 1 amide bonds. The van der Waals surface area contributed by atoms with Crippen molar-refractivity contribution in [2.75, 3.05) is 13.1 Å². The number of nitrogens with one attached hydrogen (secondary N) is 1. The molecule has 0 saturated carbocycles. The third kappa shape index (κ3) is 3.88. The van der Waals surface area contributed by atoms with Gasteiger partial charge in [-0.2, -0.15) is 0 Å². The molecule has 1 fully saturated rings. The fraction of sp³-hybridized carbons (Fsp3) is 0.300. The van der Waals surface area contributed by atoms with E-state index in [2.05, 4.69) is 15.0 Å². The number of para-hydroxylation sites is 2. The summed E-state index contributed by atoms with van der Waals surface area (Å²) < 4.78 is 5.92. The lowest BCUT2D eigenvalue weighted by Gasteiger charge is -2.32. The van der Waals surface area contributed by atoms with Crippen LogP contribution in [0.2, 0.25) is 0 Å². The number of likely N-dealkylation sites (tertiary alicyclic amines) is 1. The van der Waals surface area contributed by atoms with E-state index in [1.54, 1.807) is 23.2 Å². The van der Waals surface area contributed by atoms with E-state index in [4.69, 9.17) is 4.74 Å². The lowest BCUT2D eigenvalue weighted by molar-refractivity contribution is -0.00805. The molecule has 1 aliphatic heterocycles. The van der Waals surface area contributed by atoms with Crippen molar-refractivity contribution in [3.8, 4) is 0 Å². The molecule has 2 aromatic heterocycles. The van der Waals surface area contributed by atoms with Gasteiger partial charge in [-0.1, -0.05) is 18.2 Å². The molecule has 1 N–H and O–H groups in total. The van der Waals surface area contributed by atoms with Crippen molar-refractivity contribution in [1.82, 2.24) is 19.9 Å². The maximum Gasteiger partial charge on any atom is 0.280 e. The first-order chi connectivity index (χ1) is 13.2. The fourth-order valence-electron chi connectivity index (χ4n) is 3.27. The van der Waals surface area contributed by atoms with Gasteiger partial charge in [-0.25, -0.2) is 4.98 Å². The Morgan fingerprint density at radius 3 is 2.93 bits per heavy atom. The van der Waals surface area contributed by atoms with Crippen molar-refractivity contribution in [2.24, 2.45) is 0 Å². The minimum atomic E-state index is -0.463. The maximum absolute atomic E-state index is 12.9. The van der Waals surface area contributed by atoms with Gasteiger partial charge in [0.05, 0.1) is 29.4 Å². The van der Waals surface area contributed by atoms with Crippen LogP contribution in [0.3, 0.4) is 0 Å². The van der Waals surface area contributed by atoms with E-state index in [0.29, 0.717) is 30.7 Å². The monoisotopic (exact) mass is 364 g/mol. The number of amides is 1. The molecule has 1 unspecified atom stereocenters. The molecule has 3 aromatic rings. The van der Waals surface area contributed by atoms with Crippen molar-refractivity contribution < 1.29 is 9.53 Å². The molecule has 0 radical (unpaired) electrons. The van der Waals surface area contributed by atoms with Gasteiger partial charge >= 0.3 is 0 Å². The average Bonchev–Trinajstić information content (AvgIpc) is 2.72. The molecule has 1 saturated heterocycles. The Bertz CT molecular complexity index is 1000. The number of nitrogens with zero attached hydrogens (tertiary/aromatic N) is 3. The highest BCUT2D eigenvalue weighted by Crippen LogP contribution is 2.16. The van der Waals surface area contributed by atoms with Crippen molar-refractivity contribution in [2.45, 2.75) is 25.6 Å². The third-order valence-electron chi connectivity index (χ3n) is 4.66. The van der Waals surface area contributed by atoms with Gasteiger partial charge in [0, 0.05) is 19.3 Å². The molecule has 4 rings (SSSR count). The number of carbonyl (C=O) groups is 1. The van der Waals surface area contributed by atoms with Gasteiger partial charge in [0.2, 0.25) is 0 Å². The minimum Gasteiger partial charge on any atom is -0.370 e. The van der Waals surface area contributed by atoms with Crippen molar-refractivity contribution >= 4 is 16.9 Å². The Morgan fingerprint density at radius 1 is 1.22 bits per heavy atom. The van der Waals surface area contributed by atoms with E-state index >= 15 is 0 Å². The van der Waals surface area contributed by atoms with Crippen LogP contribution in [0, 0.1) is 0 Å². The number of ether oxygens (including phenoxy) is 1. The topological polar surface area (TPSA) is 88.2 Å². The van der Waals surface area contributed by atoms with Crippen molar-refractivity contribution in [3.05, 3.63) is 70.4 Å². The lowest BCUT2D eigenvalue weighted by atomic mass is 10.1. The summed E-state index contributed by atoms with van der Waals surface area (Å²) in [5.74, 6) is -0.354. The standard InChI is InChI=1S/C20H20N4O3/c25-19-18(22-16-8-1-2-9-17(16)23-19)20(26)24-11-5-7-15(12-24)27-13-14-6-3-4-10-21-14/h1-4,6,8-10,15H,5,7,11-13H2,(H,23,25). The normalized spacial score (nSPS) is 17.2. The molecule has 0 spiro atoms. The van der Waals surface area contributed by atoms with E-state index in [1.165, 1.54) is 0 Å². The molecule has 0 bridgehead atoms. The Hall–Kier alpha value is -3.06. The predicted molar refractivity (Wildman–Crippen MR) is 100 cm³/mol. The number of rotatable bonds is 4. The summed E-state index contributed by atoms with van der Waals surface area (Å²) in [5, 5.41) is 0. The van der Waals surface area contributed by atoms with Crippen molar-refractivity contribution in [1.29, 1.82) is 0 Å². The van der Waals surface area contributed by atoms with Gasteiger partial charge < -0.3 is 14.6 Å². The number of benzene rings is 1. The van der Waals surface area contributed by atoms with Gasteiger partial charge in [-0.15, -0.1) is 0 Å². The molecule has 1 atom stereocenters. The van der Waals surface area contributed by atoms with Crippen molar-refractivity contribution in [3.63, 3.8) is 0 Å². The van der Waals surface area contributed by atoms with Crippen LogP contribution < -0.4 is 5.56 Å². The fourth-order valence-corrected chi connectivity index (χ4v) is 3.27. The summed E-state index contributed by atoms with van der Waals surface area (Å²) in [5.41, 5.74) is 1.54. The van der Waals surface area contributed by atoms with Crippen LogP contribution in [0.5, 0.6) is 0 Å². The molecule has 138 valence electrons. The molecule has 1 aromatic carbocycles. The second-order valence-electron chi connectivity index (χ2n) is 6.58. The molecule has 7 nitrogen and oxygen atoms in total. The highest BCUT2D eigenvalue weighted by Gasteiger charge is 2.27. The molecule has 7 heteroatoms. The van der Waals surface area contributed by atoms with E-state index in [-0.39, 0.29) is 17.7 Å². The van der Waals surface area contributed by atoms with Crippen LogP contribution in [0.1, 0.15) is 29.0 Å². The number of aromatic nitrogens is 3. The Labute approximate surface area is 156 Å². The SMILES string of the molecule is O=C(c1nc2ccccc2[nH]c1=O)N1CCCC(OCc2ccccn2)C1. The Kier molecular flexibility index (Phi) is 4.93. The molecular formula is C20H20N4O3. The number of carbonyl (C=O) groups excluding carboxylic acids is 1. The number of aromatic amines is 1. The summed E-state index contributed by atoms with van der Waals surface area (Å²) in [6.07, 6.45) is 3.35. The van der Waals surface area contributed by atoms with E-state index in [0.717, 1.165) is 18.5 Å². The van der Waals surface area contributed by atoms with Crippen LogP contribution in [-0.4, -0.2) is 45.0 Å². The summed E-state index contributed by atoms with van der Waals surface area (Å²) in [6.45, 7) is 1.44. The van der Waals surface area contributed by atoms with Crippen LogP contribution in [-0.2, 0) is 11.3 Å². The highest BCUT2D eigenvalue weighted by atomic mass is 16.5. The van der Waals surface area contributed by atoms with Crippen LogP contribution in [0.15, 0.2) is 53.5 Å². The number of pyridine rings is 1. The number of piperidine rings is 1. The van der Waals surface area contributed by atoms with Crippen LogP contribution in [0.25, 0.3) is 11.0 Å². The number of hydrogen-bond acceptors (Lipinski definition) is 5. The minimum absolute atomic E-state index is 0.0703. The summed E-state index contributed by atoms with van der Waals surface area (Å²) in [4.78, 5) is 38.1. The summed E-state index contributed by atoms with van der Waals surface area (Å²) in [7, 11) is 0. The zero-order chi connectivity index (χ0) is 18.6. The predicted octanol–water partition coefficient (Wildman–Crippen LogP) is 2.14. The van der Waals surface area contributed by atoms with E-state index in [9.17, 15) is 9.59 Å². The first-order valence-corrected chi connectivity index (χ1v) is 9.00. The summed E-state index contributed by atoms with van der Waals surface area (Å²) in [6, 6.07) is 12.9. The largest absolute Gasteiger partial charge is 0.370 e. The number of H-pyrrole nitrogens is 1. The second-order valence-corrected chi connectivity index (χ2v) is 6.58. The third-order valence-corrected chi connectivity index (χ3v) is 4.66. The lowest BCUT2D eigenvalue weighted by Crippen LogP contribution is -2.45.